The lowest BCUT2D eigenvalue weighted by Crippen LogP contribution is -2.32. The monoisotopic (exact) mass is 401 g/mol. The van der Waals surface area contributed by atoms with E-state index in [-0.39, 0.29) is 11.7 Å². The molecule has 150 valence electrons. The molecule has 4 rings (SSSR count). The first kappa shape index (κ1) is 19.3. The van der Waals surface area contributed by atoms with Crippen molar-refractivity contribution in [3.63, 3.8) is 0 Å². The van der Waals surface area contributed by atoms with E-state index in [1.165, 1.54) is 12.1 Å². The molecule has 0 aliphatic rings. The van der Waals surface area contributed by atoms with Gasteiger partial charge in [-0.05, 0) is 61.0 Å². The summed E-state index contributed by atoms with van der Waals surface area (Å²) in [6.07, 6.45) is 6.97. The van der Waals surface area contributed by atoms with Gasteiger partial charge in [-0.1, -0.05) is 12.1 Å². The van der Waals surface area contributed by atoms with Crippen LogP contribution in [0.4, 0.5) is 15.9 Å². The standard InChI is InChI=1S/C23H20FN5O/c1-16(27-20-7-9-21(10-8-20)29-13-12-25-15-29)23(30)28-22-11-4-18(14-26-22)17-2-5-19(24)6-3-17/h2-16,27H,1H3,(H,26,28,30). The molecule has 0 aliphatic heterocycles. The maximum Gasteiger partial charge on any atom is 0.247 e. The van der Waals surface area contributed by atoms with Gasteiger partial charge >= 0.3 is 0 Å². The number of hydrogen-bond donors (Lipinski definition) is 2. The van der Waals surface area contributed by atoms with Crippen LogP contribution in [-0.4, -0.2) is 26.5 Å². The van der Waals surface area contributed by atoms with Crippen LogP contribution in [-0.2, 0) is 4.79 Å². The van der Waals surface area contributed by atoms with Crippen molar-refractivity contribution < 1.29 is 9.18 Å². The number of nitrogens with one attached hydrogen (secondary N) is 2. The molecule has 1 atom stereocenters. The highest BCUT2D eigenvalue weighted by Crippen LogP contribution is 2.20. The molecule has 30 heavy (non-hydrogen) atoms. The van der Waals surface area contributed by atoms with E-state index in [2.05, 4.69) is 20.6 Å². The van der Waals surface area contributed by atoms with Gasteiger partial charge in [-0.3, -0.25) is 4.79 Å². The molecule has 0 radical (unpaired) electrons. The van der Waals surface area contributed by atoms with Crippen LogP contribution in [0.5, 0.6) is 0 Å². The predicted molar refractivity (Wildman–Crippen MR) is 115 cm³/mol. The average molecular weight is 401 g/mol. The van der Waals surface area contributed by atoms with Gasteiger partial charge in [0.15, 0.2) is 0 Å². The van der Waals surface area contributed by atoms with Crippen LogP contribution in [0.1, 0.15) is 6.92 Å². The van der Waals surface area contributed by atoms with Crippen LogP contribution in [0.25, 0.3) is 16.8 Å². The molecule has 2 aromatic heterocycles. The zero-order chi connectivity index (χ0) is 20.9. The molecule has 2 heterocycles. The molecule has 4 aromatic rings. The summed E-state index contributed by atoms with van der Waals surface area (Å²) in [6.45, 7) is 1.78. The first-order chi connectivity index (χ1) is 14.6. The summed E-state index contributed by atoms with van der Waals surface area (Å²) in [5, 5.41) is 5.98. The van der Waals surface area contributed by atoms with E-state index in [1.807, 2.05) is 41.1 Å². The number of hydrogen-bond acceptors (Lipinski definition) is 4. The predicted octanol–water partition coefficient (Wildman–Crippen LogP) is 4.51. The summed E-state index contributed by atoms with van der Waals surface area (Å²) >= 11 is 0. The number of rotatable bonds is 6. The molecule has 1 unspecified atom stereocenters. The zero-order valence-corrected chi connectivity index (χ0v) is 16.3. The van der Waals surface area contributed by atoms with E-state index in [0.29, 0.717) is 5.82 Å². The number of carbonyl (C=O) groups excluding carboxylic acids is 1. The maximum atomic E-state index is 13.1. The number of nitrogens with zero attached hydrogens (tertiary/aromatic N) is 3. The van der Waals surface area contributed by atoms with Crippen molar-refractivity contribution in [1.82, 2.24) is 14.5 Å². The SMILES string of the molecule is CC(Nc1ccc(-n2ccnc2)cc1)C(=O)Nc1ccc(-c2ccc(F)cc2)cn1. The first-order valence-corrected chi connectivity index (χ1v) is 9.46. The van der Waals surface area contributed by atoms with E-state index in [4.69, 9.17) is 0 Å². The van der Waals surface area contributed by atoms with Crippen LogP contribution in [0.15, 0.2) is 85.6 Å². The van der Waals surface area contributed by atoms with Gasteiger partial charge in [-0.2, -0.15) is 0 Å². The Bertz CT molecular complexity index is 1110. The molecular formula is C23H20FN5O. The van der Waals surface area contributed by atoms with E-state index >= 15 is 0 Å². The van der Waals surface area contributed by atoms with Crippen molar-refractivity contribution in [1.29, 1.82) is 0 Å². The summed E-state index contributed by atoms with van der Waals surface area (Å²) in [5.74, 6) is -0.0286. The summed E-state index contributed by atoms with van der Waals surface area (Å²) in [4.78, 5) is 20.8. The fraction of sp³-hybridized carbons (Fsp3) is 0.0870. The molecule has 0 aliphatic carbocycles. The minimum atomic E-state index is -0.456. The van der Waals surface area contributed by atoms with Gasteiger partial charge in [-0.15, -0.1) is 0 Å². The van der Waals surface area contributed by atoms with Crippen molar-refractivity contribution in [2.45, 2.75) is 13.0 Å². The molecule has 0 spiro atoms. The fourth-order valence-electron chi connectivity index (χ4n) is 2.97. The summed E-state index contributed by atoms with van der Waals surface area (Å²) in [5.41, 5.74) is 3.52. The maximum absolute atomic E-state index is 13.1. The number of amides is 1. The fourth-order valence-corrected chi connectivity index (χ4v) is 2.97. The molecule has 2 N–H and O–H groups in total. The highest BCUT2D eigenvalue weighted by Gasteiger charge is 2.13. The van der Waals surface area contributed by atoms with Crippen LogP contribution in [0.3, 0.4) is 0 Å². The Morgan fingerprint density at radius 3 is 2.37 bits per heavy atom. The van der Waals surface area contributed by atoms with Crippen LogP contribution in [0, 0.1) is 5.82 Å². The molecule has 1 amide bonds. The Morgan fingerprint density at radius 1 is 1.00 bits per heavy atom. The molecular weight excluding hydrogens is 381 g/mol. The molecule has 2 aromatic carbocycles. The second-order valence-corrected chi connectivity index (χ2v) is 6.81. The van der Waals surface area contributed by atoms with Crippen molar-refractivity contribution in [2.75, 3.05) is 10.6 Å². The molecule has 0 saturated carbocycles. The second-order valence-electron chi connectivity index (χ2n) is 6.81. The minimum Gasteiger partial charge on any atom is -0.374 e. The molecule has 0 fully saturated rings. The van der Waals surface area contributed by atoms with Crippen molar-refractivity contribution in [3.8, 4) is 16.8 Å². The summed E-state index contributed by atoms with van der Waals surface area (Å²) < 4.78 is 15.0. The normalized spacial score (nSPS) is 11.7. The third-order valence-corrected chi connectivity index (χ3v) is 4.64. The van der Waals surface area contributed by atoms with Gasteiger partial charge in [0.25, 0.3) is 0 Å². The average Bonchev–Trinajstić information content (AvgIpc) is 3.30. The lowest BCUT2D eigenvalue weighted by Gasteiger charge is -2.15. The van der Waals surface area contributed by atoms with Gasteiger partial charge < -0.3 is 15.2 Å². The zero-order valence-electron chi connectivity index (χ0n) is 16.3. The smallest absolute Gasteiger partial charge is 0.247 e. The summed E-state index contributed by atoms with van der Waals surface area (Å²) in [6, 6.07) is 17.0. The van der Waals surface area contributed by atoms with Crippen molar-refractivity contribution in [3.05, 3.63) is 91.4 Å². The Hall–Kier alpha value is -4.00. The number of carbonyl (C=O) groups is 1. The third kappa shape index (κ3) is 4.52. The van der Waals surface area contributed by atoms with E-state index in [0.717, 1.165) is 22.5 Å². The largest absolute Gasteiger partial charge is 0.374 e. The number of anilines is 2. The van der Waals surface area contributed by atoms with Crippen LogP contribution >= 0.6 is 0 Å². The first-order valence-electron chi connectivity index (χ1n) is 9.46. The van der Waals surface area contributed by atoms with Gasteiger partial charge in [0.2, 0.25) is 5.91 Å². The number of imidazole rings is 1. The van der Waals surface area contributed by atoms with Crippen molar-refractivity contribution in [2.24, 2.45) is 0 Å². The Morgan fingerprint density at radius 2 is 1.73 bits per heavy atom. The van der Waals surface area contributed by atoms with Gasteiger partial charge in [0.1, 0.15) is 17.7 Å². The molecule has 7 heteroatoms. The van der Waals surface area contributed by atoms with E-state index < -0.39 is 6.04 Å². The topological polar surface area (TPSA) is 71.8 Å². The molecule has 0 saturated heterocycles. The van der Waals surface area contributed by atoms with Gasteiger partial charge in [-0.25, -0.2) is 14.4 Å². The number of pyridine rings is 1. The number of halogens is 1. The number of aromatic nitrogens is 3. The second kappa shape index (κ2) is 8.57. The lowest BCUT2D eigenvalue weighted by molar-refractivity contribution is -0.116. The minimum absolute atomic E-state index is 0.198. The number of benzene rings is 2. The van der Waals surface area contributed by atoms with Crippen molar-refractivity contribution >= 4 is 17.4 Å². The quantitative estimate of drug-likeness (QED) is 0.499. The lowest BCUT2D eigenvalue weighted by atomic mass is 10.1. The highest BCUT2D eigenvalue weighted by atomic mass is 19.1. The molecule has 0 bridgehead atoms. The Balaban J connectivity index is 1.35. The Kier molecular flexibility index (Phi) is 5.52. The van der Waals surface area contributed by atoms with E-state index in [1.54, 1.807) is 43.8 Å². The van der Waals surface area contributed by atoms with Crippen LogP contribution in [0.2, 0.25) is 0 Å². The summed E-state index contributed by atoms with van der Waals surface area (Å²) in [7, 11) is 0. The van der Waals surface area contributed by atoms with E-state index in [9.17, 15) is 9.18 Å². The van der Waals surface area contributed by atoms with Gasteiger partial charge in [0, 0.05) is 35.5 Å². The highest BCUT2D eigenvalue weighted by molar-refractivity contribution is 5.95. The Labute approximate surface area is 173 Å². The molecule has 6 nitrogen and oxygen atoms in total. The third-order valence-electron chi connectivity index (χ3n) is 4.64. The van der Waals surface area contributed by atoms with Crippen LogP contribution < -0.4 is 10.6 Å². The van der Waals surface area contributed by atoms with Gasteiger partial charge in [0.05, 0.1) is 6.33 Å².